The number of pyridine rings is 1. The van der Waals surface area contributed by atoms with E-state index in [0.29, 0.717) is 11.5 Å². The van der Waals surface area contributed by atoms with E-state index in [9.17, 15) is 14.4 Å². The highest BCUT2D eigenvalue weighted by Gasteiger charge is 2.47. The van der Waals surface area contributed by atoms with E-state index in [4.69, 9.17) is 18.9 Å². The van der Waals surface area contributed by atoms with Gasteiger partial charge in [-0.15, -0.1) is 23.1 Å². The van der Waals surface area contributed by atoms with Gasteiger partial charge in [0, 0.05) is 26.5 Å². The fraction of sp³-hybridized carbons (Fsp3) is 0.400. The fourth-order valence-electron chi connectivity index (χ4n) is 2.96. The Hall–Kier alpha value is -2.59. The van der Waals surface area contributed by atoms with Gasteiger partial charge in [0.25, 0.3) is 0 Å². The van der Waals surface area contributed by atoms with E-state index < -0.39 is 41.7 Å². The van der Waals surface area contributed by atoms with E-state index in [2.05, 4.69) is 4.98 Å². The number of nitrogens with zero attached hydrogens (tertiary/aromatic N) is 1. The zero-order valence-electron chi connectivity index (χ0n) is 16.6. The number of hydrogen-bond donors (Lipinski definition) is 0. The van der Waals surface area contributed by atoms with Crippen LogP contribution >= 0.6 is 23.1 Å². The zero-order chi connectivity index (χ0) is 21.7. The molecule has 0 spiro atoms. The average molecular weight is 452 g/mol. The number of aromatic nitrogens is 1. The number of carbonyl (C=O) groups excluding carboxylic acids is 3. The van der Waals surface area contributed by atoms with Crippen LogP contribution in [0.1, 0.15) is 20.8 Å². The van der Waals surface area contributed by atoms with E-state index >= 15 is 0 Å². The van der Waals surface area contributed by atoms with Crippen LogP contribution in [0.4, 0.5) is 0 Å². The first-order chi connectivity index (χ1) is 14.3. The van der Waals surface area contributed by atoms with Crippen molar-refractivity contribution in [2.75, 3.05) is 5.75 Å². The monoisotopic (exact) mass is 451 g/mol. The van der Waals surface area contributed by atoms with Gasteiger partial charge in [0.05, 0.1) is 16.8 Å². The maximum absolute atomic E-state index is 11.7. The van der Waals surface area contributed by atoms with Crippen LogP contribution in [-0.2, 0) is 28.6 Å². The van der Waals surface area contributed by atoms with Crippen LogP contribution in [-0.4, -0.2) is 52.4 Å². The minimum atomic E-state index is -0.986. The van der Waals surface area contributed by atoms with Gasteiger partial charge >= 0.3 is 17.9 Å². The van der Waals surface area contributed by atoms with E-state index in [1.807, 2.05) is 23.6 Å². The van der Waals surface area contributed by atoms with Crippen LogP contribution in [0.3, 0.4) is 0 Å². The van der Waals surface area contributed by atoms with Gasteiger partial charge in [-0.25, -0.2) is 0 Å². The summed E-state index contributed by atoms with van der Waals surface area (Å²) in [7, 11) is 0. The second kappa shape index (κ2) is 9.94. The van der Waals surface area contributed by atoms with Crippen molar-refractivity contribution in [2.45, 2.75) is 44.5 Å². The van der Waals surface area contributed by atoms with Crippen LogP contribution in [0.2, 0.25) is 0 Å². The Morgan fingerprint density at radius 1 is 0.967 bits per heavy atom. The first kappa shape index (κ1) is 22.1. The Bertz CT molecular complexity index is 885. The lowest BCUT2D eigenvalue weighted by Crippen LogP contribution is -2.55. The van der Waals surface area contributed by atoms with Crippen molar-refractivity contribution >= 4 is 41.0 Å². The molecule has 1 aliphatic rings. The number of ether oxygens (including phenoxy) is 4. The Labute approximate surface area is 181 Å². The summed E-state index contributed by atoms with van der Waals surface area (Å²) in [4.78, 5) is 40.2. The van der Waals surface area contributed by atoms with Gasteiger partial charge in [0.2, 0.25) is 0 Å². The maximum Gasteiger partial charge on any atom is 0.303 e. The average Bonchev–Trinajstić information content (AvgIpc) is 3.20. The summed E-state index contributed by atoms with van der Waals surface area (Å²) in [6, 6.07) is 7.52. The third-order valence-corrected chi connectivity index (χ3v) is 6.17. The van der Waals surface area contributed by atoms with E-state index in [1.165, 1.54) is 32.5 Å². The molecule has 8 nitrogen and oxygen atoms in total. The lowest BCUT2D eigenvalue weighted by molar-refractivity contribution is -0.186. The van der Waals surface area contributed by atoms with Crippen molar-refractivity contribution in [2.24, 2.45) is 0 Å². The predicted octanol–water partition coefficient (Wildman–Crippen LogP) is 3.06. The molecule has 160 valence electrons. The lowest BCUT2D eigenvalue weighted by Gasteiger charge is -2.39. The summed E-state index contributed by atoms with van der Waals surface area (Å²) in [5.74, 6) is -0.895. The number of thioether (sulfide) groups is 1. The molecule has 0 aliphatic carbocycles. The quantitative estimate of drug-likeness (QED) is 0.484. The van der Waals surface area contributed by atoms with Gasteiger partial charge in [-0.1, -0.05) is 6.07 Å². The van der Waals surface area contributed by atoms with Crippen LogP contribution in [0.5, 0.6) is 5.75 Å². The molecule has 0 aromatic carbocycles. The van der Waals surface area contributed by atoms with Gasteiger partial charge in [0.15, 0.2) is 23.7 Å². The summed E-state index contributed by atoms with van der Waals surface area (Å²) in [5, 5.41) is 1.97. The van der Waals surface area contributed by atoms with E-state index in [1.54, 1.807) is 23.6 Å². The summed E-state index contributed by atoms with van der Waals surface area (Å²) in [6.45, 7) is 3.75. The smallest absolute Gasteiger partial charge is 0.303 e. The van der Waals surface area contributed by atoms with Crippen molar-refractivity contribution in [3.05, 3.63) is 35.8 Å². The standard InChI is InChI=1S/C20H21NO7S2/c1-11(22)25-16-10-30-20(19(27-13(3)24)18(16)26-12(2)23)28-14-6-7-15(21-9-14)17-5-4-8-29-17/h4-9,16,18-20H,10H2,1-3H3/t16-,18+,19-,20?/m1/s1. The molecule has 1 aliphatic heterocycles. The van der Waals surface area contributed by atoms with E-state index in [0.717, 1.165) is 10.6 Å². The number of thiophene rings is 1. The predicted molar refractivity (Wildman–Crippen MR) is 111 cm³/mol. The third-order valence-electron chi connectivity index (χ3n) is 4.07. The molecule has 2 aromatic rings. The normalized spacial score (nSPS) is 23.3. The Balaban J connectivity index is 1.80. The largest absolute Gasteiger partial charge is 0.474 e. The number of carbonyl (C=O) groups is 3. The zero-order valence-corrected chi connectivity index (χ0v) is 18.2. The minimum Gasteiger partial charge on any atom is -0.474 e. The van der Waals surface area contributed by atoms with Crippen molar-refractivity contribution in [1.82, 2.24) is 4.98 Å². The second-order valence-corrected chi connectivity index (χ2v) is 8.55. The minimum absolute atomic E-state index is 0.306. The van der Waals surface area contributed by atoms with Crippen LogP contribution in [0.25, 0.3) is 10.6 Å². The lowest BCUT2D eigenvalue weighted by atomic mass is 10.1. The van der Waals surface area contributed by atoms with Gasteiger partial charge in [-0.05, 0) is 23.6 Å². The molecule has 3 rings (SSSR count). The van der Waals surface area contributed by atoms with Crippen molar-refractivity contribution in [1.29, 1.82) is 0 Å². The van der Waals surface area contributed by atoms with Crippen molar-refractivity contribution in [3.63, 3.8) is 0 Å². The molecule has 1 saturated heterocycles. The third kappa shape index (κ3) is 5.73. The Kier molecular flexibility index (Phi) is 7.33. The highest BCUT2D eigenvalue weighted by atomic mass is 32.2. The first-order valence-electron chi connectivity index (χ1n) is 9.13. The molecule has 2 aromatic heterocycles. The molecule has 4 atom stereocenters. The summed E-state index contributed by atoms with van der Waals surface area (Å²) >= 11 is 2.88. The van der Waals surface area contributed by atoms with Gasteiger partial charge in [-0.2, -0.15) is 0 Å². The van der Waals surface area contributed by atoms with Gasteiger partial charge in [-0.3, -0.25) is 19.4 Å². The van der Waals surface area contributed by atoms with Crippen molar-refractivity contribution in [3.8, 4) is 16.3 Å². The molecule has 10 heteroatoms. The molecule has 1 unspecified atom stereocenters. The van der Waals surface area contributed by atoms with Crippen LogP contribution in [0.15, 0.2) is 35.8 Å². The summed E-state index contributed by atoms with van der Waals surface area (Å²) < 4.78 is 22.0. The second-order valence-electron chi connectivity index (χ2n) is 6.47. The molecule has 1 fully saturated rings. The Morgan fingerprint density at radius 2 is 1.67 bits per heavy atom. The van der Waals surface area contributed by atoms with Crippen LogP contribution in [0, 0.1) is 0 Å². The SMILES string of the molecule is CC(=O)O[C@H]1[C@H](OC(C)=O)CSC(Oc2ccc(-c3cccs3)nc2)[C@@H]1OC(C)=O. The highest BCUT2D eigenvalue weighted by molar-refractivity contribution is 7.99. The molecule has 3 heterocycles. The number of rotatable bonds is 6. The fourth-order valence-corrected chi connectivity index (χ4v) is 4.88. The molecular formula is C20H21NO7S2. The number of esters is 3. The number of hydrogen-bond acceptors (Lipinski definition) is 10. The van der Waals surface area contributed by atoms with Gasteiger partial charge in [0.1, 0.15) is 5.75 Å². The molecule has 0 bridgehead atoms. The molecular weight excluding hydrogens is 430 g/mol. The molecule has 30 heavy (non-hydrogen) atoms. The molecule has 0 saturated carbocycles. The summed E-state index contributed by atoms with van der Waals surface area (Å²) in [6.07, 6.45) is -1.13. The summed E-state index contributed by atoms with van der Waals surface area (Å²) in [5.41, 5.74) is 0.136. The highest BCUT2D eigenvalue weighted by Crippen LogP contribution is 2.34. The maximum atomic E-state index is 11.7. The topological polar surface area (TPSA) is 101 Å². The van der Waals surface area contributed by atoms with E-state index in [-0.39, 0.29) is 0 Å². The van der Waals surface area contributed by atoms with Crippen molar-refractivity contribution < 1.29 is 33.3 Å². The molecule has 0 N–H and O–H groups in total. The first-order valence-corrected chi connectivity index (χ1v) is 11.1. The van der Waals surface area contributed by atoms with Gasteiger partial charge < -0.3 is 18.9 Å². The van der Waals surface area contributed by atoms with Crippen LogP contribution < -0.4 is 4.74 Å². The Morgan fingerprint density at radius 3 is 2.23 bits per heavy atom. The molecule has 0 amide bonds. The molecule has 0 radical (unpaired) electrons.